The first-order chi connectivity index (χ1) is 6.57. The zero-order valence-corrected chi connectivity index (χ0v) is 10.9. The molecule has 0 amide bonds. The van der Waals surface area contributed by atoms with Gasteiger partial charge in [0.2, 0.25) is 0 Å². The first kappa shape index (κ1) is 12.7. The van der Waals surface area contributed by atoms with Gasteiger partial charge in [-0.2, -0.15) is 0 Å². The van der Waals surface area contributed by atoms with Crippen LogP contribution in [-0.2, 0) is 6.42 Å². The zero-order chi connectivity index (χ0) is 10.7. The molecule has 1 aromatic rings. The van der Waals surface area contributed by atoms with Gasteiger partial charge in [-0.05, 0) is 24.5 Å². The molecule has 0 aliphatic rings. The molecule has 1 aromatic carbocycles. The maximum atomic E-state index is 5.99. The van der Waals surface area contributed by atoms with Crippen LogP contribution in [0.25, 0.3) is 0 Å². The summed E-state index contributed by atoms with van der Waals surface area (Å²) >= 11 is 29.3. The van der Waals surface area contributed by atoms with E-state index in [1.807, 2.05) is 0 Å². The highest BCUT2D eigenvalue weighted by Crippen LogP contribution is 2.37. The molecule has 0 N–H and O–H groups in total. The van der Waals surface area contributed by atoms with E-state index < -0.39 is 0 Å². The molecule has 0 aliphatic carbocycles. The van der Waals surface area contributed by atoms with Crippen LogP contribution in [0.3, 0.4) is 0 Å². The standard InChI is InChI=1S/C9H7Cl5/c10-3-1-2-5-8(13)6(11)4-7(12)9(5)14/h4H,1-3H2. The average Bonchev–Trinajstić information content (AvgIpc) is 2.15. The normalized spacial score (nSPS) is 10.6. The molecule has 0 aliphatic heterocycles. The maximum absolute atomic E-state index is 5.99. The highest BCUT2D eigenvalue weighted by atomic mass is 35.5. The summed E-state index contributed by atoms with van der Waals surface area (Å²) in [6.07, 6.45) is 1.47. The summed E-state index contributed by atoms with van der Waals surface area (Å²) < 4.78 is 0. The lowest BCUT2D eigenvalue weighted by atomic mass is 10.1. The fourth-order valence-electron chi connectivity index (χ4n) is 1.09. The van der Waals surface area contributed by atoms with E-state index in [-0.39, 0.29) is 0 Å². The topological polar surface area (TPSA) is 0 Å². The van der Waals surface area contributed by atoms with Crippen LogP contribution >= 0.6 is 58.0 Å². The van der Waals surface area contributed by atoms with Crippen molar-refractivity contribution in [3.05, 3.63) is 31.7 Å². The first-order valence-corrected chi connectivity index (χ1v) is 6.00. The molecule has 0 saturated heterocycles. The molecule has 0 unspecified atom stereocenters. The number of halogens is 5. The number of alkyl halides is 1. The predicted octanol–water partition coefficient (Wildman–Crippen LogP) is 5.47. The third kappa shape index (κ3) is 2.84. The molecule has 0 bridgehead atoms. The average molecular weight is 292 g/mol. The SMILES string of the molecule is ClCCCc1c(Cl)c(Cl)cc(Cl)c1Cl. The van der Waals surface area contributed by atoms with Crippen molar-refractivity contribution >= 4 is 58.0 Å². The van der Waals surface area contributed by atoms with Crippen molar-refractivity contribution in [3.63, 3.8) is 0 Å². The Labute approximate surface area is 108 Å². The Morgan fingerprint density at radius 1 is 0.929 bits per heavy atom. The van der Waals surface area contributed by atoms with Crippen molar-refractivity contribution in [2.75, 3.05) is 5.88 Å². The summed E-state index contributed by atoms with van der Waals surface area (Å²) in [6.45, 7) is 0. The van der Waals surface area contributed by atoms with Gasteiger partial charge in [0.15, 0.2) is 0 Å². The molecule has 0 radical (unpaired) electrons. The highest BCUT2D eigenvalue weighted by Gasteiger charge is 2.13. The van der Waals surface area contributed by atoms with E-state index in [0.29, 0.717) is 32.4 Å². The van der Waals surface area contributed by atoms with Crippen LogP contribution in [0.15, 0.2) is 6.07 Å². The summed E-state index contributed by atoms with van der Waals surface area (Å²) in [4.78, 5) is 0. The molecule has 0 heterocycles. The van der Waals surface area contributed by atoms with Crippen molar-refractivity contribution in [1.82, 2.24) is 0 Å². The lowest BCUT2D eigenvalue weighted by molar-refractivity contribution is 0.929. The second-order valence-electron chi connectivity index (χ2n) is 2.74. The molecule has 5 heteroatoms. The molecule has 0 saturated carbocycles. The molecule has 0 atom stereocenters. The van der Waals surface area contributed by atoms with Crippen molar-refractivity contribution in [3.8, 4) is 0 Å². The Morgan fingerprint density at radius 2 is 1.43 bits per heavy atom. The molecule has 0 fully saturated rings. The second kappa shape index (κ2) is 5.67. The highest BCUT2D eigenvalue weighted by molar-refractivity contribution is 6.48. The monoisotopic (exact) mass is 290 g/mol. The van der Waals surface area contributed by atoms with E-state index >= 15 is 0 Å². The van der Waals surface area contributed by atoms with Gasteiger partial charge >= 0.3 is 0 Å². The maximum Gasteiger partial charge on any atom is 0.0640 e. The lowest BCUT2D eigenvalue weighted by Crippen LogP contribution is -1.91. The summed E-state index contributed by atoms with van der Waals surface area (Å²) in [5.41, 5.74) is 0.770. The van der Waals surface area contributed by atoms with Gasteiger partial charge in [-0.3, -0.25) is 0 Å². The summed E-state index contributed by atoms with van der Waals surface area (Å²) in [7, 11) is 0. The minimum atomic E-state index is 0.422. The summed E-state index contributed by atoms with van der Waals surface area (Å²) in [5, 5.41) is 1.77. The van der Waals surface area contributed by atoms with Gasteiger partial charge in [0, 0.05) is 5.88 Å². The van der Waals surface area contributed by atoms with Crippen LogP contribution < -0.4 is 0 Å². The molecule has 78 valence electrons. The Hall–Kier alpha value is 0.670. The second-order valence-corrected chi connectivity index (χ2v) is 4.69. The van der Waals surface area contributed by atoms with Gasteiger partial charge < -0.3 is 0 Å². The van der Waals surface area contributed by atoms with Crippen LogP contribution in [0.4, 0.5) is 0 Å². The Balaban J connectivity index is 3.11. The predicted molar refractivity (Wildman–Crippen MR) is 65.5 cm³/mol. The Bertz CT molecular complexity index is 308. The van der Waals surface area contributed by atoms with E-state index in [0.717, 1.165) is 12.0 Å². The number of hydrogen-bond donors (Lipinski definition) is 0. The smallest absolute Gasteiger partial charge is 0.0640 e. The van der Waals surface area contributed by atoms with Crippen LogP contribution in [0.2, 0.25) is 20.1 Å². The van der Waals surface area contributed by atoms with E-state index in [2.05, 4.69) is 0 Å². The van der Waals surface area contributed by atoms with E-state index in [1.165, 1.54) is 6.07 Å². The largest absolute Gasteiger partial charge is 0.127 e. The zero-order valence-electron chi connectivity index (χ0n) is 7.09. The van der Waals surface area contributed by atoms with Crippen LogP contribution in [-0.4, -0.2) is 5.88 Å². The van der Waals surface area contributed by atoms with Crippen molar-refractivity contribution in [2.45, 2.75) is 12.8 Å². The third-order valence-electron chi connectivity index (χ3n) is 1.76. The van der Waals surface area contributed by atoms with Gasteiger partial charge in [-0.25, -0.2) is 0 Å². The molecular weight excluding hydrogens is 285 g/mol. The molecule has 0 aromatic heterocycles. The lowest BCUT2D eigenvalue weighted by Gasteiger charge is -2.09. The van der Waals surface area contributed by atoms with Gasteiger partial charge in [0.05, 0.1) is 20.1 Å². The fourth-order valence-corrected chi connectivity index (χ4v) is 2.26. The molecule has 14 heavy (non-hydrogen) atoms. The van der Waals surface area contributed by atoms with E-state index in [1.54, 1.807) is 0 Å². The Kier molecular flexibility index (Phi) is 5.16. The van der Waals surface area contributed by atoms with E-state index in [9.17, 15) is 0 Å². The van der Waals surface area contributed by atoms with Crippen molar-refractivity contribution in [2.24, 2.45) is 0 Å². The molecule has 0 nitrogen and oxygen atoms in total. The van der Waals surface area contributed by atoms with Crippen LogP contribution in [0.1, 0.15) is 12.0 Å². The van der Waals surface area contributed by atoms with Gasteiger partial charge in [0.25, 0.3) is 0 Å². The van der Waals surface area contributed by atoms with Crippen molar-refractivity contribution in [1.29, 1.82) is 0 Å². The Morgan fingerprint density at radius 3 is 1.86 bits per heavy atom. The molecule has 0 spiro atoms. The fraction of sp³-hybridized carbons (Fsp3) is 0.333. The minimum Gasteiger partial charge on any atom is -0.127 e. The van der Waals surface area contributed by atoms with Crippen LogP contribution in [0, 0.1) is 0 Å². The quantitative estimate of drug-likeness (QED) is 0.512. The van der Waals surface area contributed by atoms with Crippen molar-refractivity contribution < 1.29 is 0 Å². The summed E-state index contributed by atoms with van der Waals surface area (Å²) in [5.74, 6) is 0.552. The minimum absolute atomic E-state index is 0.422. The van der Waals surface area contributed by atoms with Gasteiger partial charge in [0.1, 0.15) is 0 Å². The molecule has 1 rings (SSSR count). The number of rotatable bonds is 3. The number of benzene rings is 1. The third-order valence-corrected chi connectivity index (χ3v) is 3.68. The van der Waals surface area contributed by atoms with Gasteiger partial charge in [-0.15, -0.1) is 11.6 Å². The van der Waals surface area contributed by atoms with E-state index in [4.69, 9.17) is 58.0 Å². The summed E-state index contributed by atoms with van der Waals surface area (Å²) in [6, 6.07) is 1.54. The van der Waals surface area contributed by atoms with Crippen LogP contribution in [0.5, 0.6) is 0 Å². The molecular formula is C9H7Cl5. The number of hydrogen-bond acceptors (Lipinski definition) is 0. The first-order valence-electron chi connectivity index (χ1n) is 3.95. The van der Waals surface area contributed by atoms with Gasteiger partial charge in [-0.1, -0.05) is 46.4 Å².